The first-order chi connectivity index (χ1) is 9.51. The number of ether oxygens (including phenoxy) is 1. The zero-order valence-corrected chi connectivity index (χ0v) is 11.5. The summed E-state index contributed by atoms with van der Waals surface area (Å²) in [6.45, 7) is 0.467. The Morgan fingerprint density at radius 3 is 2.80 bits per heavy atom. The Hall–Kier alpha value is -2.64. The Morgan fingerprint density at radius 2 is 2.25 bits per heavy atom. The average molecular weight is 277 g/mol. The van der Waals surface area contributed by atoms with Crippen LogP contribution in [-0.2, 0) is 13.6 Å². The monoisotopic (exact) mass is 277 g/mol. The van der Waals surface area contributed by atoms with Crippen LogP contribution >= 0.6 is 0 Å². The third-order valence-electron chi connectivity index (χ3n) is 2.77. The highest BCUT2D eigenvalue weighted by molar-refractivity contribution is 5.58. The molecule has 8 heteroatoms. The van der Waals surface area contributed by atoms with Gasteiger partial charge >= 0.3 is 5.69 Å². The van der Waals surface area contributed by atoms with E-state index in [0.29, 0.717) is 12.4 Å². The van der Waals surface area contributed by atoms with Gasteiger partial charge in [0.2, 0.25) is 11.7 Å². The van der Waals surface area contributed by atoms with Crippen molar-refractivity contribution in [3.05, 3.63) is 40.2 Å². The van der Waals surface area contributed by atoms with Crippen LogP contribution in [0.2, 0.25) is 0 Å². The standard InChI is InChI=1S/C12H15N5O3/c1-15(7-9-6-13-16(2)8-9)12-10(17(18)19)4-5-11(14-12)20-3/h4-6,8H,7H2,1-3H3. The van der Waals surface area contributed by atoms with Crippen LogP contribution in [0.3, 0.4) is 0 Å². The zero-order valence-electron chi connectivity index (χ0n) is 11.5. The quantitative estimate of drug-likeness (QED) is 0.606. The molecule has 0 amide bonds. The van der Waals surface area contributed by atoms with Crippen molar-refractivity contribution in [3.63, 3.8) is 0 Å². The van der Waals surface area contributed by atoms with Crippen molar-refractivity contribution in [1.82, 2.24) is 14.8 Å². The Balaban J connectivity index is 2.31. The van der Waals surface area contributed by atoms with Crippen molar-refractivity contribution in [2.75, 3.05) is 19.1 Å². The molecule has 0 aliphatic carbocycles. The van der Waals surface area contributed by atoms with Crippen molar-refractivity contribution < 1.29 is 9.66 Å². The molecular formula is C12H15N5O3. The van der Waals surface area contributed by atoms with E-state index in [1.807, 2.05) is 13.2 Å². The summed E-state index contributed by atoms with van der Waals surface area (Å²) < 4.78 is 6.69. The van der Waals surface area contributed by atoms with E-state index in [4.69, 9.17) is 4.74 Å². The summed E-state index contributed by atoms with van der Waals surface area (Å²) in [7, 11) is 5.02. The van der Waals surface area contributed by atoms with Gasteiger partial charge in [0, 0.05) is 44.5 Å². The van der Waals surface area contributed by atoms with Gasteiger partial charge in [-0.3, -0.25) is 14.8 Å². The molecule has 8 nitrogen and oxygen atoms in total. The number of rotatable bonds is 5. The molecule has 0 spiro atoms. The smallest absolute Gasteiger partial charge is 0.311 e. The van der Waals surface area contributed by atoms with Crippen LogP contribution in [0, 0.1) is 10.1 Å². The zero-order chi connectivity index (χ0) is 14.7. The second kappa shape index (κ2) is 5.55. The van der Waals surface area contributed by atoms with Crippen molar-refractivity contribution in [3.8, 4) is 5.88 Å². The van der Waals surface area contributed by atoms with Crippen LogP contribution in [0.25, 0.3) is 0 Å². The predicted molar refractivity (Wildman–Crippen MR) is 72.8 cm³/mol. The van der Waals surface area contributed by atoms with E-state index in [0.717, 1.165) is 5.56 Å². The number of hydrogen-bond donors (Lipinski definition) is 0. The van der Waals surface area contributed by atoms with Gasteiger partial charge in [0.15, 0.2) is 0 Å². The highest BCUT2D eigenvalue weighted by atomic mass is 16.6. The molecule has 0 bridgehead atoms. The lowest BCUT2D eigenvalue weighted by molar-refractivity contribution is -0.384. The molecule has 0 fully saturated rings. The molecule has 2 aromatic heterocycles. The molecule has 0 saturated carbocycles. The second-order valence-electron chi connectivity index (χ2n) is 4.33. The lowest BCUT2D eigenvalue weighted by Crippen LogP contribution is -2.19. The first-order valence-corrected chi connectivity index (χ1v) is 5.89. The molecule has 2 heterocycles. The second-order valence-corrected chi connectivity index (χ2v) is 4.33. The average Bonchev–Trinajstić information content (AvgIpc) is 2.83. The van der Waals surface area contributed by atoms with Gasteiger partial charge < -0.3 is 9.64 Å². The van der Waals surface area contributed by atoms with Crippen LogP contribution in [0.4, 0.5) is 11.5 Å². The van der Waals surface area contributed by atoms with Crippen molar-refractivity contribution in [2.45, 2.75) is 6.54 Å². The van der Waals surface area contributed by atoms with E-state index in [1.54, 1.807) is 22.8 Å². The molecule has 0 radical (unpaired) electrons. The van der Waals surface area contributed by atoms with E-state index in [2.05, 4.69) is 10.1 Å². The van der Waals surface area contributed by atoms with Crippen LogP contribution in [-0.4, -0.2) is 33.8 Å². The fourth-order valence-corrected chi connectivity index (χ4v) is 1.86. The van der Waals surface area contributed by atoms with Crippen LogP contribution in [0.5, 0.6) is 5.88 Å². The molecule has 0 saturated heterocycles. The van der Waals surface area contributed by atoms with Gasteiger partial charge in [0.1, 0.15) is 0 Å². The minimum absolute atomic E-state index is 0.0582. The summed E-state index contributed by atoms with van der Waals surface area (Å²) in [5.74, 6) is 0.599. The normalized spacial score (nSPS) is 10.3. The first kappa shape index (κ1) is 13.8. The molecule has 0 unspecified atom stereocenters. The van der Waals surface area contributed by atoms with Gasteiger partial charge in [-0.25, -0.2) is 0 Å². The molecule has 2 aromatic rings. The lowest BCUT2D eigenvalue weighted by Gasteiger charge is -2.17. The fourth-order valence-electron chi connectivity index (χ4n) is 1.86. The topological polar surface area (TPSA) is 86.3 Å². The van der Waals surface area contributed by atoms with Gasteiger partial charge in [-0.2, -0.15) is 10.1 Å². The number of pyridine rings is 1. The van der Waals surface area contributed by atoms with E-state index in [-0.39, 0.29) is 11.5 Å². The van der Waals surface area contributed by atoms with Crippen molar-refractivity contribution in [1.29, 1.82) is 0 Å². The van der Waals surface area contributed by atoms with Crippen LogP contribution in [0.15, 0.2) is 24.5 Å². The summed E-state index contributed by atoms with van der Waals surface area (Å²) in [6, 6.07) is 2.86. The maximum Gasteiger partial charge on any atom is 0.311 e. The molecule has 0 aromatic carbocycles. The molecule has 0 N–H and O–H groups in total. The first-order valence-electron chi connectivity index (χ1n) is 5.89. The number of methoxy groups -OCH3 is 1. The summed E-state index contributed by atoms with van der Waals surface area (Å²) >= 11 is 0. The van der Waals surface area contributed by atoms with Gasteiger partial charge in [0.05, 0.1) is 18.2 Å². The van der Waals surface area contributed by atoms with Crippen LogP contribution < -0.4 is 9.64 Å². The van der Waals surface area contributed by atoms with E-state index >= 15 is 0 Å². The fraction of sp³-hybridized carbons (Fsp3) is 0.333. The summed E-state index contributed by atoms with van der Waals surface area (Å²) in [4.78, 5) is 16.4. The SMILES string of the molecule is COc1ccc([N+](=O)[O-])c(N(C)Cc2cnn(C)c2)n1. The Bertz CT molecular complexity index is 625. The molecule has 2 rings (SSSR count). The highest BCUT2D eigenvalue weighted by Crippen LogP contribution is 2.28. The lowest BCUT2D eigenvalue weighted by atomic mass is 10.3. The number of aromatic nitrogens is 3. The number of nitro groups is 1. The summed E-state index contributed by atoms with van der Waals surface area (Å²) in [5.41, 5.74) is 0.881. The number of anilines is 1. The highest BCUT2D eigenvalue weighted by Gasteiger charge is 2.20. The van der Waals surface area contributed by atoms with Crippen molar-refractivity contribution in [2.24, 2.45) is 7.05 Å². The summed E-state index contributed by atoms with van der Waals surface area (Å²) in [6.07, 6.45) is 3.56. The number of hydrogen-bond acceptors (Lipinski definition) is 6. The van der Waals surface area contributed by atoms with E-state index < -0.39 is 4.92 Å². The Labute approximate surface area is 115 Å². The van der Waals surface area contributed by atoms with Crippen molar-refractivity contribution >= 4 is 11.5 Å². The maximum atomic E-state index is 11.1. The van der Waals surface area contributed by atoms with E-state index in [1.165, 1.54) is 19.2 Å². The molecule has 0 atom stereocenters. The molecule has 0 aliphatic heterocycles. The third-order valence-corrected chi connectivity index (χ3v) is 2.77. The minimum atomic E-state index is -0.457. The van der Waals surface area contributed by atoms with Gasteiger partial charge in [-0.1, -0.05) is 0 Å². The third kappa shape index (κ3) is 2.85. The number of aryl methyl sites for hydroxylation is 1. The largest absolute Gasteiger partial charge is 0.481 e. The Morgan fingerprint density at radius 1 is 1.50 bits per heavy atom. The molecule has 20 heavy (non-hydrogen) atoms. The van der Waals surface area contributed by atoms with Gasteiger partial charge in [-0.05, 0) is 0 Å². The molecular weight excluding hydrogens is 262 g/mol. The number of nitrogens with zero attached hydrogens (tertiary/aromatic N) is 5. The predicted octanol–water partition coefficient (Wildman–Crippen LogP) is 1.37. The molecule has 106 valence electrons. The summed E-state index contributed by atoms with van der Waals surface area (Å²) in [5, 5.41) is 15.1. The van der Waals surface area contributed by atoms with Crippen LogP contribution in [0.1, 0.15) is 5.56 Å². The van der Waals surface area contributed by atoms with E-state index in [9.17, 15) is 10.1 Å². The maximum absolute atomic E-state index is 11.1. The van der Waals surface area contributed by atoms with Gasteiger partial charge in [0.25, 0.3) is 0 Å². The molecule has 0 aliphatic rings. The Kier molecular flexibility index (Phi) is 3.83. The van der Waals surface area contributed by atoms with Gasteiger partial charge in [-0.15, -0.1) is 0 Å². The minimum Gasteiger partial charge on any atom is -0.481 e.